The molecule has 0 bridgehead atoms. The van der Waals surface area contributed by atoms with Gasteiger partial charge in [0.25, 0.3) is 0 Å². The molecule has 0 radical (unpaired) electrons. The first-order valence-electron chi connectivity index (χ1n) is 6.74. The number of rotatable bonds is 2. The molecule has 0 spiro atoms. The predicted octanol–water partition coefficient (Wildman–Crippen LogP) is 3.01. The molecule has 2 aromatic rings. The van der Waals surface area contributed by atoms with Crippen molar-refractivity contribution in [3.05, 3.63) is 46.9 Å². The lowest BCUT2D eigenvalue weighted by molar-refractivity contribution is 0.774. The quantitative estimate of drug-likeness (QED) is 0.863. The minimum atomic E-state index is 0.259. The number of nitrogens with two attached hydrogens (primary N) is 1. The molecule has 20 heavy (non-hydrogen) atoms. The number of aromatic nitrogens is 2. The van der Waals surface area contributed by atoms with Crippen molar-refractivity contribution in [2.75, 3.05) is 23.7 Å². The van der Waals surface area contributed by atoms with Crippen molar-refractivity contribution in [3.8, 4) is 0 Å². The van der Waals surface area contributed by atoms with E-state index < -0.39 is 0 Å². The largest absolute Gasteiger partial charge is 0.394 e. The second-order valence-electron chi connectivity index (χ2n) is 5.16. The summed E-state index contributed by atoms with van der Waals surface area (Å²) in [5, 5.41) is 0.259. The minimum Gasteiger partial charge on any atom is -0.394 e. The number of aryl methyl sites for hydroxylation is 1. The van der Waals surface area contributed by atoms with Crippen LogP contribution in [0.3, 0.4) is 0 Å². The van der Waals surface area contributed by atoms with Crippen LogP contribution >= 0.6 is 11.6 Å². The van der Waals surface area contributed by atoms with Gasteiger partial charge in [0, 0.05) is 19.0 Å². The number of anilines is 2. The molecule has 1 aliphatic heterocycles. The first-order valence-corrected chi connectivity index (χ1v) is 7.12. The minimum absolute atomic E-state index is 0.259. The third-order valence-corrected chi connectivity index (χ3v) is 4.02. The molecule has 1 aromatic heterocycles. The summed E-state index contributed by atoms with van der Waals surface area (Å²) in [6.07, 6.45) is 1.10. The van der Waals surface area contributed by atoms with E-state index in [0.717, 1.165) is 31.0 Å². The zero-order valence-electron chi connectivity index (χ0n) is 11.4. The summed E-state index contributed by atoms with van der Waals surface area (Å²) in [7, 11) is 0. The van der Waals surface area contributed by atoms with Gasteiger partial charge in [0.1, 0.15) is 0 Å². The van der Waals surface area contributed by atoms with Gasteiger partial charge in [0.2, 0.25) is 5.28 Å². The van der Waals surface area contributed by atoms with Gasteiger partial charge in [-0.15, -0.1) is 0 Å². The Bertz CT molecular complexity index is 615. The molecule has 1 saturated heterocycles. The Hall–Kier alpha value is -1.81. The van der Waals surface area contributed by atoms with Crippen molar-refractivity contribution in [2.24, 2.45) is 0 Å². The van der Waals surface area contributed by atoms with Gasteiger partial charge in [0.05, 0.1) is 11.4 Å². The maximum Gasteiger partial charge on any atom is 0.224 e. The van der Waals surface area contributed by atoms with Crippen LogP contribution in [0.15, 0.2) is 30.3 Å². The van der Waals surface area contributed by atoms with E-state index in [1.165, 1.54) is 5.56 Å². The molecule has 2 N–H and O–H groups in total. The summed E-state index contributed by atoms with van der Waals surface area (Å²) in [6, 6.07) is 10.6. The van der Waals surface area contributed by atoms with Crippen molar-refractivity contribution in [1.82, 2.24) is 9.97 Å². The van der Waals surface area contributed by atoms with Crippen LogP contribution in [0.1, 0.15) is 23.6 Å². The average molecular weight is 289 g/mol. The Morgan fingerprint density at radius 1 is 1.25 bits per heavy atom. The summed E-state index contributed by atoms with van der Waals surface area (Å²) in [4.78, 5) is 10.6. The molecule has 0 saturated carbocycles. The van der Waals surface area contributed by atoms with Gasteiger partial charge < -0.3 is 10.6 Å². The van der Waals surface area contributed by atoms with Crippen LogP contribution in [0.2, 0.25) is 5.28 Å². The monoisotopic (exact) mass is 288 g/mol. The van der Waals surface area contributed by atoms with Gasteiger partial charge in [-0.2, -0.15) is 4.98 Å². The fourth-order valence-electron chi connectivity index (χ4n) is 2.72. The Morgan fingerprint density at radius 3 is 2.75 bits per heavy atom. The molecule has 104 valence electrons. The molecule has 1 aromatic carbocycles. The number of nitrogen functional groups attached to an aromatic ring is 1. The zero-order chi connectivity index (χ0) is 14.1. The lowest BCUT2D eigenvalue weighted by Gasteiger charge is -2.20. The lowest BCUT2D eigenvalue weighted by atomic mass is 9.99. The highest BCUT2D eigenvalue weighted by Crippen LogP contribution is 2.33. The normalized spacial score (nSPS) is 18.5. The van der Waals surface area contributed by atoms with Crippen molar-refractivity contribution < 1.29 is 0 Å². The molecule has 0 aliphatic carbocycles. The number of hydrogen-bond donors (Lipinski definition) is 1. The molecule has 1 unspecified atom stereocenters. The third kappa shape index (κ3) is 2.43. The van der Waals surface area contributed by atoms with E-state index >= 15 is 0 Å². The first kappa shape index (κ1) is 13.2. The van der Waals surface area contributed by atoms with Crippen molar-refractivity contribution in [2.45, 2.75) is 19.3 Å². The van der Waals surface area contributed by atoms with Crippen LogP contribution in [-0.2, 0) is 0 Å². The topological polar surface area (TPSA) is 55.0 Å². The standard InChI is InChI=1S/C15H17ClN4/c1-10-13(17)14(19-15(16)18-10)20-8-7-12(9-20)11-5-3-2-4-6-11/h2-6,12H,7-9,17H2,1H3. The Balaban J connectivity index is 1.84. The average Bonchev–Trinajstić information content (AvgIpc) is 2.93. The molecule has 1 aliphatic rings. The van der Waals surface area contributed by atoms with E-state index in [9.17, 15) is 0 Å². The fourth-order valence-corrected chi connectivity index (χ4v) is 2.93. The number of nitrogens with zero attached hydrogens (tertiary/aromatic N) is 3. The van der Waals surface area contributed by atoms with Crippen molar-refractivity contribution in [3.63, 3.8) is 0 Å². The van der Waals surface area contributed by atoms with E-state index in [1.54, 1.807) is 0 Å². The van der Waals surface area contributed by atoms with E-state index in [-0.39, 0.29) is 5.28 Å². The predicted molar refractivity (Wildman–Crippen MR) is 82.2 cm³/mol. The van der Waals surface area contributed by atoms with Crippen LogP contribution in [0.5, 0.6) is 0 Å². The molecule has 0 amide bonds. The van der Waals surface area contributed by atoms with Crippen molar-refractivity contribution >= 4 is 23.1 Å². The van der Waals surface area contributed by atoms with Gasteiger partial charge in [-0.3, -0.25) is 0 Å². The number of benzene rings is 1. The van der Waals surface area contributed by atoms with Gasteiger partial charge >= 0.3 is 0 Å². The summed E-state index contributed by atoms with van der Waals surface area (Å²) in [5.41, 5.74) is 8.82. The summed E-state index contributed by atoms with van der Waals surface area (Å²) < 4.78 is 0. The van der Waals surface area contributed by atoms with Gasteiger partial charge in [-0.25, -0.2) is 4.98 Å². The second-order valence-corrected chi connectivity index (χ2v) is 5.50. The summed E-state index contributed by atoms with van der Waals surface area (Å²) >= 11 is 5.95. The first-order chi connectivity index (χ1) is 9.65. The summed E-state index contributed by atoms with van der Waals surface area (Å²) in [5.74, 6) is 1.28. The number of halogens is 1. The SMILES string of the molecule is Cc1nc(Cl)nc(N2CCC(c3ccccc3)C2)c1N. The molecular formula is C15H17ClN4. The molecule has 1 atom stereocenters. The highest BCUT2D eigenvalue weighted by atomic mass is 35.5. The molecule has 1 fully saturated rings. The lowest BCUT2D eigenvalue weighted by Crippen LogP contribution is -2.22. The molecule has 5 heteroatoms. The van der Waals surface area contributed by atoms with Crippen molar-refractivity contribution in [1.29, 1.82) is 0 Å². The van der Waals surface area contributed by atoms with Crippen LogP contribution in [-0.4, -0.2) is 23.1 Å². The second kappa shape index (κ2) is 5.29. The zero-order valence-corrected chi connectivity index (χ0v) is 12.1. The van der Waals surface area contributed by atoms with Gasteiger partial charge in [-0.05, 0) is 30.5 Å². The third-order valence-electron chi connectivity index (χ3n) is 3.85. The van der Waals surface area contributed by atoms with Crippen LogP contribution in [0.25, 0.3) is 0 Å². The Labute approximate surface area is 123 Å². The Morgan fingerprint density at radius 2 is 2.00 bits per heavy atom. The van der Waals surface area contributed by atoms with Gasteiger partial charge in [0.15, 0.2) is 5.82 Å². The van der Waals surface area contributed by atoms with E-state index in [0.29, 0.717) is 11.6 Å². The summed E-state index contributed by atoms with van der Waals surface area (Å²) in [6.45, 7) is 3.72. The fraction of sp³-hybridized carbons (Fsp3) is 0.333. The van der Waals surface area contributed by atoms with E-state index in [4.69, 9.17) is 17.3 Å². The highest BCUT2D eigenvalue weighted by Gasteiger charge is 2.26. The number of hydrogen-bond acceptors (Lipinski definition) is 4. The molecular weight excluding hydrogens is 272 g/mol. The van der Waals surface area contributed by atoms with E-state index in [2.05, 4.69) is 39.1 Å². The highest BCUT2D eigenvalue weighted by molar-refractivity contribution is 6.28. The van der Waals surface area contributed by atoms with Crippen LogP contribution < -0.4 is 10.6 Å². The molecule has 3 rings (SSSR count). The van der Waals surface area contributed by atoms with Crippen LogP contribution in [0.4, 0.5) is 11.5 Å². The maximum absolute atomic E-state index is 6.09. The molecule has 2 heterocycles. The van der Waals surface area contributed by atoms with E-state index in [1.807, 2.05) is 13.0 Å². The van der Waals surface area contributed by atoms with Gasteiger partial charge in [-0.1, -0.05) is 30.3 Å². The maximum atomic E-state index is 6.09. The Kier molecular flexibility index (Phi) is 3.49. The smallest absolute Gasteiger partial charge is 0.224 e. The van der Waals surface area contributed by atoms with Crippen LogP contribution in [0, 0.1) is 6.92 Å². The molecule has 4 nitrogen and oxygen atoms in total.